The minimum atomic E-state index is -0.384. The van der Waals surface area contributed by atoms with Crippen molar-refractivity contribution >= 4 is 22.6 Å². The average molecular weight is 314 g/mol. The Labute approximate surface area is 136 Å². The lowest BCUT2D eigenvalue weighted by Crippen LogP contribution is -2.45. The van der Waals surface area contributed by atoms with Gasteiger partial charge in [-0.25, -0.2) is 0 Å². The molecular weight excluding hydrogens is 292 g/mol. The minimum absolute atomic E-state index is 0.0944. The third-order valence-electron chi connectivity index (χ3n) is 3.76. The molecule has 0 aliphatic rings. The second kappa shape index (κ2) is 8.29. The molecule has 0 unspecified atom stereocenters. The molecule has 0 aliphatic heterocycles. The molecule has 0 saturated heterocycles. The number of amides is 1. The van der Waals surface area contributed by atoms with Gasteiger partial charge in [0, 0.05) is 13.6 Å². The van der Waals surface area contributed by atoms with Gasteiger partial charge in [0.2, 0.25) is 5.91 Å². The molecule has 0 spiro atoms. The van der Waals surface area contributed by atoms with Crippen LogP contribution in [0.1, 0.15) is 12.0 Å². The number of hydrogen-bond donors (Lipinski definition) is 2. The van der Waals surface area contributed by atoms with Crippen LogP contribution >= 0.6 is 0 Å². The zero-order valence-corrected chi connectivity index (χ0v) is 13.5. The lowest BCUT2D eigenvalue weighted by Gasteiger charge is -2.17. The summed E-state index contributed by atoms with van der Waals surface area (Å²) in [6, 6.07) is 13.9. The molecule has 122 valence electrons. The van der Waals surface area contributed by atoms with Gasteiger partial charge < -0.3 is 15.4 Å². The quantitative estimate of drug-likeness (QED) is 0.763. The lowest BCUT2D eigenvalue weighted by atomic mass is 10.0. The molecule has 1 atom stereocenters. The van der Waals surface area contributed by atoms with E-state index in [1.165, 1.54) is 12.5 Å². The second-order valence-corrected chi connectivity index (χ2v) is 5.33. The summed E-state index contributed by atoms with van der Waals surface area (Å²) in [4.78, 5) is 23.2. The van der Waals surface area contributed by atoms with Gasteiger partial charge in [0.1, 0.15) is 0 Å². The molecule has 0 bridgehead atoms. The highest BCUT2D eigenvalue weighted by molar-refractivity contribution is 5.84. The van der Waals surface area contributed by atoms with Crippen LogP contribution in [0, 0.1) is 0 Å². The minimum Gasteiger partial charge on any atom is -0.469 e. The van der Waals surface area contributed by atoms with Crippen molar-refractivity contribution in [3.63, 3.8) is 0 Å². The predicted molar refractivity (Wildman–Crippen MR) is 90.1 cm³/mol. The summed E-state index contributed by atoms with van der Waals surface area (Å²) in [6.45, 7) is 0.401. The van der Waals surface area contributed by atoms with E-state index < -0.39 is 0 Å². The van der Waals surface area contributed by atoms with E-state index in [1.807, 2.05) is 18.2 Å². The number of rotatable bonds is 7. The molecule has 2 rings (SSSR count). The summed E-state index contributed by atoms with van der Waals surface area (Å²) in [5.41, 5.74) is 1.07. The molecule has 2 N–H and O–H groups in total. The van der Waals surface area contributed by atoms with Crippen molar-refractivity contribution in [3.8, 4) is 0 Å². The van der Waals surface area contributed by atoms with Crippen molar-refractivity contribution in [2.75, 3.05) is 20.7 Å². The largest absolute Gasteiger partial charge is 0.469 e. The van der Waals surface area contributed by atoms with Crippen LogP contribution in [0.4, 0.5) is 0 Å². The number of carbonyl (C=O) groups is 2. The highest BCUT2D eigenvalue weighted by Gasteiger charge is 2.17. The first-order chi connectivity index (χ1) is 11.1. The van der Waals surface area contributed by atoms with Gasteiger partial charge in [-0.3, -0.25) is 9.59 Å². The molecule has 2 aromatic rings. The fourth-order valence-electron chi connectivity index (χ4n) is 2.48. The van der Waals surface area contributed by atoms with E-state index in [4.69, 9.17) is 0 Å². The van der Waals surface area contributed by atoms with Gasteiger partial charge in [-0.1, -0.05) is 42.5 Å². The number of benzene rings is 2. The number of fused-ring (bicyclic) bond motifs is 1. The van der Waals surface area contributed by atoms with E-state index in [-0.39, 0.29) is 24.3 Å². The Morgan fingerprint density at radius 3 is 2.57 bits per heavy atom. The van der Waals surface area contributed by atoms with Crippen LogP contribution in [0.25, 0.3) is 10.8 Å². The van der Waals surface area contributed by atoms with Crippen LogP contribution < -0.4 is 10.6 Å². The lowest BCUT2D eigenvalue weighted by molar-refractivity contribution is -0.140. The first kappa shape index (κ1) is 17.0. The monoisotopic (exact) mass is 314 g/mol. The van der Waals surface area contributed by atoms with Crippen molar-refractivity contribution < 1.29 is 14.3 Å². The normalized spacial score (nSPS) is 11.9. The van der Waals surface area contributed by atoms with Crippen LogP contribution in [0.5, 0.6) is 0 Å². The van der Waals surface area contributed by atoms with Crippen molar-refractivity contribution in [2.24, 2.45) is 0 Å². The Balaban J connectivity index is 2.06. The Morgan fingerprint density at radius 2 is 1.87 bits per heavy atom. The maximum absolute atomic E-state index is 12.0. The molecule has 0 aliphatic carbocycles. The smallest absolute Gasteiger partial charge is 0.306 e. The molecule has 2 aromatic carbocycles. The topological polar surface area (TPSA) is 67.4 Å². The summed E-state index contributed by atoms with van der Waals surface area (Å²) < 4.78 is 4.61. The van der Waals surface area contributed by atoms with Crippen molar-refractivity contribution in [3.05, 3.63) is 48.0 Å². The zero-order chi connectivity index (χ0) is 16.7. The SMILES string of the molecule is CNC(=O)[C@H](Cc1ccc2ccccc2c1)NCCC(=O)OC. The molecule has 5 heteroatoms. The van der Waals surface area contributed by atoms with E-state index >= 15 is 0 Å². The van der Waals surface area contributed by atoms with Gasteiger partial charge in [0.05, 0.1) is 19.6 Å². The molecule has 0 fully saturated rings. The molecule has 1 amide bonds. The number of hydrogen-bond acceptors (Lipinski definition) is 4. The van der Waals surface area contributed by atoms with Gasteiger partial charge in [-0.15, -0.1) is 0 Å². The number of methoxy groups -OCH3 is 1. The zero-order valence-electron chi connectivity index (χ0n) is 13.5. The second-order valence-electron chi connectivity index (χ2n) is 5.33. The van der Waals surface area contributed by atoms with Crippen LogP contribution in [0.15, 0.2) is 42.5 Å². The summed E-state index contributed by atoms with van der Waals surface area (Å²) in [5, 5.41) is 8.10. The number of carbonyl (C=O) groups excluding carboxylic acids is 2. The van der Waals surface area contributed by atoms with E-state index in [9.17, 15) is 9.59 Å². The standard InChI is InChI=1S/C18H22N2O3/c1-19-18(22)16(20-10-9-17(21)23-2)12-13-7-8-14-5-3-4-6-15(14)11-13/h3-8,11,16,20H,9-10,12H2,1-2H3,(H,19,22)/t16-/m0/s1. The molecule has 23 heavy (non-hydrogen) atoms. The van der Waals surface area contributed by atoms with Crippen LogP contribution in [-0.2, 0) is 20.7 Å². The highest BCUT2D eigenvalue weighted by Crippen LogP contribution is 2.16. The van der Waals surface area contributed by atoms with Crippen LogP contribution in [0.2, 0.25) is 0 Å². The maximum atomic E-state index is 12.0. The number of likely N-dealkylation sites (N-methyl/N-ethyl adjacent to an activating group) is 1. The van der Waals surface area contributed by atoms with Crippen LogP contribution in [-0.4, -0.2) is 38.6 Å². The van der Waals surface area contributed by atoms with Gasteiger partial charge >= 0.3 is 5.97 Å². The van der Waals surface area contributed by atoms with Crippen molar-refractivity contribution in [2.45, 2.75) is 18.9 Å². The van der Waals surface area contributed by atoms with Gasteiger partial charge in [-0.2, -0.15) is 0 Å². The van der Waals surface area contributed by atoms with E-state index in [1.54, 1.807) is 7.05 Å². The third kappa shape index (κ3) is 4.79. The molecule has 0 heterocycles. The number of nitrogens with one attached hydrogen (secondary N) is 2. The molecule has 0 saturated carbocycles. The Kier molecular flexibility index (Phi) is 6.11. The summed E-state index contributed by atoms with van der Waals surface area (Å²) in [6.07, 6.45) is 0.799. The Bertz CT molecular complexity index is 685. The average Bonchev–Trinajstić information content (AvgIpc) is 2.59. The summed E-state index contributed by atoms with van der Waals surface area (Å²) in [7, 11) is 2.96. The number of ether oxygens (including phenoxy) is 1. The first-order valence-corrected chi connectivity index (χ1v) is 7.63. The fourth-order valence-corrected chi connectivity index (χ4v) is 2.48. The van der Waals surface area contributed by atoms with E-state index in [0.29, 0.717) is 13.0 Å². The van der Waals surface area contributed by atoms with Gasteiger partial charge in [-0.05, 0) is 22.8 Å². The fraction of sp³-hybridized carbons (Fsp3) is 0.333. The Morgan fingerprint density at radius 1 is 1.13 bits per heavy atom. The van der Waals surface area contributed by atoms with Crippen molar-refractivity contribution in [1.82, 2.24) is 10.6 Å². The maximum Gasteiger partial charge on any atom is 0.306 e. The third-order valence-corrected chi connectivity index (χ3v) is 3.76. The predicted octanol–water partition coefficient (Wildman–Crippen LogP) is 1.65. The number of esters is 1. The molecule has 0 radical (unpaired) electrons. The highest BCUT2D eigenvalue weighted by atomic mass is 16.5. The molecule has 0 aromatic heterocycles. The van der Waals surface area contributed by atoms with E-state index in [0.717, 1.165) is 10.9 Å². The van der Waals surface area contributed by atoms with Gasteiger partial charge in [0.15, 0.2) is 0 Å². The summed E-state index contributed by atoms with van der Waals surface area (Å²) >= 11 is 0. The van der Waals surface area contributed by atoms with Crippen molar-refractivity contribution in [1.29, 1.82) is 0 Å². The first-order valence-electron chi connectivity index (χ1n) is 7.63. The van der Waals surface area contributed by atoms with Crippen LogP contribution in [0.3, 0.4) is 0 Å². The summed E-state index contributed by atoms with van der Waals surface area (Å²) in [5.74, 6) is -0.387. The Hall–Kier alpha value is -2.40. The van der Waals surface area contributed by atoms with Gasteiger partial charge in [0.25, 0.3) is 0 Å². The molecule has 5 nitrogen and oxygen atoms in total. The van der Waals surface area contributed by atoms with E-state index in [2.05, 4.69) is 39.6 Å². The molecular formula is C18H22N2O3.